The first-order chi connectivity index (χ1) is 15.0. The highest BCUT2D eigenvalue weighted by Crippen LogP contribution is 2.25. The summed E-state index contributed by atoms with van der Waals surface area (Å²) in [5.41, 5.74) is 1.03. The van der Waals surface area contributed by atoms with Gasteiger partial charge in [-0.15, -0.1) is 0 Å². The van der Waals surface area contributed by atoms with Gasteiger partial charge in [-0.3, -0.25) is 9.69 Å². The van der Waals surface area contributed by atoms with Crippen molar-refractivity contribution in [3.8, 4) is 11.8 Å². The Balaban J connectivity index is 1.96. The monoisotopic (exact) mass is 419 g/mol. The molecule has 1 aliphatic rings. The predicted octanol–water partition coefficient (Wildman–Crippen LogP) is 3.65. The number of nitrogens with zero attached hydrogens (tertiary/aromatic N) is 3. The zero-order valence-corrected chi connectivity index (χ0v) is 17.2. The minimum Gasteiger partial charge on any atom is -0.464 e. The van der Waals surface area contributed by atoms with E-state index >= 15 is 0 Å². The molecule has 0 N–H and O–H groups in total. The fraction of sp³-hybridized carbons (Fsp3) is 0.292. The fourth-order valence-corrected chi connectivity index (χ4v) is 4.15. The number of esters is 1. The molecular formula is C24H22FN3O3. The second-order valence-electron chi connectivity index (χ2n) is 7.66. The van der Waals surface area contributed by atoms with E-state index in [0.717, 1.165) is 12.8 Å². The maximum Gasteiger partial charge on any atom is 0.355 e. The van der Waals surface area contributed by atoms with Crippen LogP contribution in [0.5, 0.6) is 0 Å². The Morgan fingerprint density at radius 2 is 1.90 bits per heavy atom. The van der Waals surface area contributed by atoms with Gasteiger partial charge in [-0.05, 0) is 56.3 Å². The standard InChI is InChI=1S/C24H22FN3O3/c1-31-24(30)22-20(15-27-11-9-16(14-26)10-12-27)23(29)19-8-7-17(25)13-21(19)28(22)18-5-3-2-4-6-18/h2-8,13,16H,9-12,15H2,1H3. The Bertz CT molecular complexity index is 1220. The molecule has 2 heterocycles. The number of piperidine rings is 1. The first kappa shape index (κ1) is 20.8. The van der Waals surface area contributed by atoms with Gasteiger partial charge in [0, 0.05) is 29.1 Å². The van der Waals surface area contributed by atoms with Gasteiger partial charge in [0.05, 0.1) is 18.7 Å². The number of methoxy groups -OCH3 is 1. The molecule has 1 aromatic heterocycles. The van der Waals surface area contributed by atoms with E-state index in [9.17, 15) is 14.0 Å². The molecule has 1 saturated heterocycles. The summed E-state index contributed by atoms with van der Waals surface area (Å²) in [6, 6.07) is 15.3. The lowest BCUT2D eigenvalue weighted by Crippen LogP contribution is -2.36. The molecule has 1 fully saturated rings. The molecule has 0 atom stereocenters. The van der Waals surface area contributed by atoms with Gasteiger partial charge >= 0.3 is 5.97 Å². The van der Waals surface area contributed by atoms with E-state index in [4.69, 9.17) is 10.00 Å². The number of carbonyl (C=O) groups excluding carboxylic acids is 1. The summed E-state index contributed by atoms with van der Waals surface area (Å²) >= 11 is 0. The lowest BCUT2D eigenvalue weighted by atomic mass is 9.97. The summed E-state index contributed by atoms with van der Waals surface area (Å²) < 4.78 is 20.8. The number of hydrogen-bond acceptors (Lipinski definition) is 5. The van der Waals surface area contributed by atoms with Gasteiger partial charge in [0.25, 0.3) is 0 Å². The number of nitriles is 1. The maximum atomic E-state index is 14.2. The third-order valence-electron chi connectivity index (χ3n) is 5.77. The second kappa shape index (κ2) is 8.70. The molecule has 158 valence electrons. The number of pyridine rings is 1. The van der Waals surface area contributed by atoms with Gasteiger partial charge in [-0.25, -0.2) is 9.18 Å². The topological polar surface area (TPSA) is 75.3 Å². The number of benzene rings is 2. The van der Waals surface area contributed by atoms with Crippen molar-refractivity contribution >= 4 is 16.9 Å². The van der Waals surface area contributed by atoms with Crippen molar-refractivity contribution in [1.29, 1.82) is 5.26 Å². The lowest BCUT2D eigenvalue weighted by molar-refractivity contribution is 0.0587. The van der Waals surface area contributed by atoms with E-state index in [2.05, 4.69) is 11.0 Å². The number of ether oxygens (including phenoxy) is 1. The van der Waals surface area contributed by atoms with E-state index in [1.165, 1.54) is 25.3 Å². The first-order valence-electron chi connectivity index (χ1n) is 10.2. The number of hydrogen-bond donors (Lipinski definition) is 0. The van der Waals surface area contributed by atoms with E-state index in [1.807, 2.05) is 18.2 Å². The van der Waals surface area contributed by atoms with E-state index < -0.39 is 11.8 Å². The van der Waals surface area contributed by atoms with Gasteiger partial charge in [0.1, 0.15) is 11.5 Å². The fourth-order valence-electron chi connectivity index (χ4n) is 4.15. The number of likely N-dealkylation sites (tertiary alicyclic amines) is 1. The highest BCUT2D eigenvalue weighted by Gasteiger charge is 2.27. The Hall–Kier alpha value is -3.50. The number of fused-ring (bicyclic) bond motifs is 1. The van der Waals surface area contributed by atoms with E-state index in [1.54, 1.807) is 16.7 Å². The third-order valence-corrected chi connectivity index (χ3v) is 5.77. The van der Waals surface area contributed by atoms with Crippen LogP contribution in [0.3, 0.4) is 0 Å². The average molecular weight is 419 g/mol. The van der Waals surface area contributed by atoms with Crippen LogP contribution < -0.4 is 5.43 Å². The molecule has 0 spiro atoms. The summed E-state index contributed by atoms with van der Waals surface area (Å²) in [4.78, 5) is 28.4. The van der Waals surface area contributed by atoms with Crippen molar-refractivity contribution < 1.29 is 13.9 Å². The van der Waals surface area contributed by atoms with E-state index in [0.29, 0.717) is 35.2 Å². The number of para-hydroxylation sites is 1. The molecule has 0 bridgehead atoms. The zero-order chi connectivity index (χ0) is 22.0. The SMILES string of the molecule is COC(=O)c1c(CN2CCC(C#N)CC2)c(=O)c2ccc(F)cc2n1-c1ccccc1. The van der Waals surface area contributed by atoms with Crippen molar-refractivity contribution in [2.45, 2.75) is 19.4 Å². The molecular weight excluding hydrogens is 397 g/mol. The van der Waals surface area contributed by atoms with Crippen LogP contribution in [0.15, 0.2) is 53.3 Å². The quantitative estimate of drug-likeness (QED) is 0.604. The molecule has 3 aromatic rings. The molecule has 6 nitrogen and oxygen atoms in total. The summed E-state index contributed by atoms with van der Waals surface area (Å²) in [6.07, 6.45) is 1.44. The molecule has 1 aliphatic heterocycles. The summed E-state index contributed by atoms with van der Waals surface area (Å²) in [5, 5.41) is 9.48. The molecule has 2 aromatic carbocycles. The molecule has 0 unspecified atom stereocenters. The van der Waals surface area contributed by atoms with Crippen LogP contribution in [0.4, 0.5) is 4.39 Å². The van der Waals surface area contributed by atoms with Crippen molar-refractivity contribution in [3.05, 3.63) is 75.8 Å². The highest BCUT2D eigenvalue weighted by molar-refractivity contribution is 5.95. The molecule has 31 heavy (non-hydrogen) atoms. The minimum absolute atomic E-state index is 0.0110. The van der Waals surface area contributed by atoms with Crippen LogP contribution in [-0.4, -0.2) is 35.6 Å². The molecule has 0 amide bonds. The zero-order valence-electron chi connectivity index (χ0n) is 17.2. The summed E-state index contributed by atoms with van der Waals surface area (Å²) in [5.74, 6) is -1.15. The smallest absolute Gasteiger partial charge is 0.355 e. The third kappa shape index (κ3) is 3.94. The van der Waals surface area contributed by atoms with Crippen LogP contribution in [0.1, 0.15) is 28.9 Å². The van der Waals surface area contributed by atoms with Crippen LogP contribution in [0.2, 0.25) is 0 Å². The van der Waals surface area contributed by atoms with Crippen molar-refractivity contribution in [1.82, 2.24) is 9.47 Å². The molecule has 0 aliphatic carbocycles. The van der Waals surface area contributed by atoms with Crippen LogP contribution in [0.25, 0.3) is 16.6 Å². The van der Waals surface area contributed by atoms with Gasteiger partial charge in [0.2, 0.25) is 0 Å². The van der Waals surface area contributed by atoms with Crippen LogP contribution in [0, 0.1) is 23.1 Å². The highest BCUT2D eigenvalue weighted by atomic mass is 19.1. The lowest BCUT2D eigenvalue weighted by Gasteiger charge is -2.30. The number of halogens is 1. The normalized spacial score (nSPS) is 15.0. The maximum absolute atomic E-state index is 14.2. The Kier molecular flexibility index (Phi) is 5.83. The number of carbonyl (C=O) groups is 1. The first-order valence-corrected chi connectivity index (χ1v) is 10.2. The van der Waals surface area contributed by atoms with Gasteiger partial charge in [-0.1, -0.05) is 18.2 Å². The van der Waals surface area contributed by atoms with Crippen LogP contribution >= 0.6 is 0 Å². The average Bonchev–Trinajstić information content (AvgIpc) is 2.81. The summed E-state index contributed by atoms with van der Waals surface area (Å²) in [6.45, 7) is 1.57. The number of aromatic nitrogens is 1. The van der Waals surface area contributed by atoms with Gasteiger partial charge in [-0.2, -0.15) is 5.26 Å². The number of rotatable bonds is 4. The largest absolute Gasteiger partial charge is 0.464 e. The predicted molar refractivity (Wildman–Crippen MR) is 114 cm³/mol. The molecule has 7 heteroatoms. The van der Waals surface area contributed by atoms with Crippen molar-refractivity contribution in [2.24, 2.45) is 5.92 Å². The molecule has 4 rings (SSSR count). The van der Waals surface area contributed by atoms with Crippen molar-refractivity contribution in [2.75, 3.05) is 20.2 Å². The molecule has 0 saturated carbocycles. The molecule has 0 radical (unpaired) electrons. The van der Waals surface area contributed by atoms with Crippen molar-refractivity contribution in [3.63, 3.8) is 0 Å². The van der Waals surface area contributed by atoms with Gasteiger partial charge in [0.15, 0.2) is 5.43 Å². The van der Waals surface area contributed by atoms with E-state index in [-0.39, 0.29) is 23.6 Å². The van der Waals surface area contributed by atoms with Gasteiger partial charge < -0.3 is 9.30 Å². The second-order valence-corrected chi connectivity index (χ2v) is 7.66. The Morgan fingerprint density at radius 3 is 2.55 bits per heavy atom. The minimum atomic E-state index is -0.658. The summed E-state index contributed by atoms with van der Waals surface area (Å²) in [7, 11) is 1.26. The van der Waals surface area contributed by atoms with Crippen LogP contribution in [-0.2, 0) is 11.3 Å². The Labute approximate surface area is 179 Å². The Morgan fingerprint density at radius 1 is 1.19 bits per heavy atom.